The van der Waals surface area contributed by atoms with Crippen LogP contribution in [0.5, 0.6) is 0 Å². The van der Waals surface area contributed by atoms with Gasteiger partial charge in [0, 0.05) is 30.9 Å². The fourth-order valence-electron chi connectivity index (χ4n) is 2.07. The predicted octanol–water partition coefficient (Wildman–Crippen LogP) is 0.530. The van der Waals surface area contributed by atoms with Gasteiger partial charge in [-0.05, 0) is 5.56 Å². The van der Waals surface area contributed by atoms with Gasteiger partial charge in [0.25, 0.3) is 5.91 Å². The Labute approximate surface area is 116 Å². The normalized spacial score (nSPS) is 10.4. The van der Waals surface area contributed by atoms with Gasteiger partial charge in [-0.15, -0.1) is 0 Å². The molecule has 0 spiro atoms. The molecule has 0 atom stereocenters. The van der Waals surface area contributed by atoms with Gasteiger partial charge in [-0.25, -0.2) is 0 Å². The van der Waals surface area contributed by atoms with Crippen LogP contribution in [0.25, 0.3) is 0 Å². The first-order valence-corrected chi connectivity index (χ1v) is 6.30. The molecule has 0 saturated carbocycles. The number of pyridine rings is 1. The van der Waals surface area contributed by atoms with Crippen molar-refractivity contribution >= 4 is 5.91 Å². The van der Waals surface area contributed by atoms with Crippen LogP contribution in [0.3, 0.4) is 0 Å². The zero-order valence-corrected chi connectivity index (χ0v) is 11.0. The summed E-state index contributed by atoms with van der Waals surface area (Å²) in [5.74, 6) is -0.757. The first-order chi connectivity index (χ1) is 9.61. The fraction of sp³-hybridized carbons (Fsp3) is 0.200. The van der Waals surface area contributed by atoms with Crippen LogP contribution >= 0.6 is 0 Å². The van der Waals surface area contributed by atoms with Crippen LogP contribution in [0.1, 0.15) is 21.6 Å². The quantitative estimate of drug-likeness (QED) is 0.832. The number of benzene rings is 1. The third-order valence-corrected chi connectivity index (χ3v) is 3.05. The van der Waals surface area contributed by atoms with E-state index in [-0.39, 0.29) is 12.2 Å². The molecule has 2 rings (SSSR count). The number of primary amides is 1. The number of carbonyl (C=O) groups excluding carboxylic acids is 1. The Balaban J connectivity index is 2.43. The summed E-state index contributed by atoms with van der Waals surface area (Å²) in [6.07, 6.45) is 1.97. The summed E-state index contributed by atoms with van der Waals surface area (Å²) >= 11 is 0. The Kier molecular flexibility index (Phi) is 4.32. The maximum atomic E-state index is 11.9. The van der Waals surface area contributed by atoms with Gasteiger partial charge in [-0.1, -0.05) is 30.3 Å². The van der Waals surface area contributed by atoms with Crippen molar-refractivity contribution in [3.8, 4) is 0 Å². The van der Waals surface area contributed by atoms with Gasteiger partial charge in [0.15, 0.2) is 5.43 Å². The Morgan fingerprint density at radius 1 is 1.25 bits per heavy atom. The molecule has 0 fully saturated rings. The average Bonchev–Trinajstić information content (AvgIpc) is 2.42. The van der Waals surface area contributed by atoms with Crippen molar-refractivity contribution in [3.63, 3.8) is 0 Å². The second kappa shape index (κ2) is 6.16. The number of nitrogens with zero attached hydrogens (tertiary/aromatic N) is 1. The van der Waals surface area contributed by atoms with E-state index in [0.29, 0.717) is 13.0 Å². The maximum absolute atomic E-state index is 11.9. The van der Waals surface area contributed by atoms with E-state index in [4.69, 9.17) is 10.8 Å². The van der Waals surface area contributed by atoms with Gasteiger partial charge in [-0.3, -0.25) is 9.59 Å². The minimum Gasteiger partial charge on any atom is -0.395 e. The van der Waals surface area contributed by atoms with E-state index in [1.165, 1.54) is 12.3 Å². The van der Waals surface area contributed by atoms with E-state index in [9.17, 15) is 9.59 Å². The third kappa shape index (κ3) is 3.13. The number of aliphatic hydroxyl groups excluding tert-OH is 1. The molecule has 0 bridgehead atoms. The van der Waals surface area contributed by atoms with Crippen molar-refractivity contribution in [3.05, 3.63) is 69.6 Å². The Morgan fingerprint density at radius 2 is 1.95 bits per heavy atom. The van der Waals surface area contributed by atoms with Crippen molar-refractivity contribution in [1.82, 2.24) is 4.57 Å². The minimum absolute atomic E-state index is 0.0599. The van der Waals surface area contributed by atoms with Crippen LogP contribution in [0.2, 0.25) is 0 Å². The number of aromatic nitrogens is 1. The lowest BCUT2D eigenvalue weighted by molar-refractivity contribution is 0.0998. The number of hydrogen-bond acceptors (Lipinski definition) is 3. The summed E-state index contributed by atoms with van der Waals surface area (Å²) in [5.41, 5.74) is 6.50. The Morgan fingerprint density at radius 3 is 2.55 bits per heavy atom. The molecule has 0 saturated heterocycles. The molecule has 0 unspecified atom stereocenters. The summed E-state index contributed by atoms with van der Waals surface area (Å²) in [7, 11) is 0. The summed E-state index contributed by atoms with van der Waals surface area (Å²) in [5, 5.41) is 9.09. The fourth-order valence-corrected chi connectivity index (χ4v) is 2.07. The zero-order chi connectivity index (χ0) is 14.5. The van der Waals surface area contributed by atoms with E-state index in [1.54, 1.807) is 4.57 Å². The molecule has 1 heterocycles. The molecule has 2 aromatic rings. The van der Waals surface area contributed by atoms with Crippen molar-refractivity contribution < 1.29 is 9.90 Å². The smallest absolute Gasteiger partial charge is 0.254 e. The summed E-state index contributed by atoms with van der Waals surface area (Å²) in [6, 6.07) is 11.1. The number of nitrogens with two attached hydrogens (primary N) is 1. The van der Waals surface area contributed by atoms with Gasteiger partial charge in [-0.2, -0.15) is 0 Å². The SMILES string of the molecule is NC(=O)c1cn(CCO)c(Cc2ccccc2)cc1=O. The molecule has 0 aliphatic carbocycles. The van der Waals surface area contributed by atoms with Crippen molar-refractivity contribution in [2.45, 2.75) is 13.0 Å². The van der Waals surface area contributed by atoms with E-state index < -0.39 is 11.3 Å². The monoisotopic (exact) mass is 272 g/mol. The zero-order valence-electron chi connectivity index (χ0n) is 11.0. The standard InChI is InChI=1S/C15H16N2O3/c16-15(20)13-10-17(6-7-18)12(9-14(13)19)8-11-4-2-1-3-5-11/h1-5,9-10,18H,6-8H2,(H2,16,20). The topological polar surface area (TPSA) is 85.3 Å². The number of aliphatic hydroxyl groups is 1. The second-order valence-electron chi connectivity index (χ2n) is 4.49. The first-order valence-electron chi connectivity index (χ1n) is 6.30. The highest BCUT2D eigenvalue weighted by Gasteiger charge is 2.11. The number of amides is 1. The van der Waals surface area contributed by atoms with Gasteiger partial charge in [0.05, 0.1) is 6.61 Å². The average molecular weight is 272 g/mol. The van der Waals surface area contributed by atoms with Crippen LogP contribution in [0.15, 0.2) is 47.4 Å². The number of hydrogen-bond donors (Lipinski definition) is 2. The highest BCUT2D eigenvalue weighted by molar-refractivity contribution is 5.92. The summed E-state index contributed by atoms with van der Waals surface area (Å²) in [6.45, 7) is 0.228. The predicted molar refractivity (Wildman–Crippen MR) is 75.6 cm³/mol. The molecule has 0 aliphatic heterocycles. The minimum atomic E-state index is -0.757. The van der Waals surface area contributed by atoms with Crippen molar-refractivity contribution in [2.75, 3.05) is 6.61 Å². The van der Waals surface area contributed by atoms with Gasteiger partial charge in [0.1, 0.15) is 5.56 Å². The molecule has 0 radical (unpaired) electrons. The lowest BCUT2D eigenvalue weighted by Gasteiger charge is -2.13. The van der Waals surface area contributed by atoms with E-state index >= 15 is 0 Å². The van der Waals surface area contributed by atoms with Crippen molar-refractivity contribution in [2.24, 2.45) is 5.73 Å². The number of rotatable bonds is 5. The molecule has 20 heavy (non-hydrogen) atoms. The lowest BCUT2D eigenvalue weighted by atomic mass is 10.1. The van der Waals surface area contributed by atoms with Gasteiger partial charge < -0.3 is 15.4 Å². The Hall–Kier alpha value is -2.40. The largest absolute Gasteiger partial charge is 0.395 e. The molecule has 1 amide bonds. The van der Waals surface area contributed by atoms with Gasteiger partial charge in [0.2, 0.25) is 0 Å². The van der Waals surface area contributed by atoms with Crippen LogP contribution in [0, 0.1) is 0 Å². The highest BCUT2D eigenvalue weighted by Crippen LogP contribution is 2.09. The molecule has 1 aromatic carbocycles. The second-order valence-corrected chi connectivity index (χ2v) is 4.49. The van der Waals surface area contributed by atoms with E-state index in [2.05, 4.69) is 0 Å². The molecular formula is C15H16N2O3. The molecule has 5 nitrogen and oxygen atoms in total. The third-order valence-electron chi connectivity index (χ3n) is 3.05. The van der Waals surface area contributed by atoms with Crippen LogP contribution < -0.4 is 11.2 Å². The molecule has 1 aromatic heterocycles. The molecule has 0 aliphatic rings. The van der Waals surface area contributed by atoms with Crippen LogP contribution in [-0.2, 0) is 13.0 Å². The molecular weight excluding hydrogens is 256 g/mol. The molecule has 5 heteroatoms. The van der Waals surface area contributed by atoms with Crippen LogP contribution in [0.4, 0.5) is 0 Å². The summed E-state index contributed by atoms with van der Waals surface area (Å²) < 4.78 is 1.69. The van der Waals surface area contributed by atoms with E-state index in [0.717, 1.165) is 11.3 Å². The van der Waals surface area contributed by atoms with Crippen LogP contribution in [-0.4, -0.2) is 22.2 Å². The van der Waals surface area contributed by atoms with Gasteiger partial charge >= 0.3 is 0 Å². The molecule has 104 valence electrons. The Bertz CT molecular complexity index is 663. The van der Waals surface area contributed by atoms with Crippen molar-refractivity contribution in [1.29, 1.82) is 0 Å². The highest BCUT2D eigenvalue weighted by atomic mass is 16.3. The lowest BCUT2D eigenvalue weighted by Crippen LogP contribution is -2.25. The van der Waals surface area contributed by atoms with E-state index in [1.807, 2.05) is 30.3 Å². The summed E-state index contributed by atoms with van der Waals surface area (Å²) in [4.78, 5) is 23.0. The molecule has 3 N–H and O–H groups in total. The maximum Gasteiger partial charge on any atom is 0.254 e. The number of carbonyl (C=O) groups is 1. The first kappa shape index (κ1) is 14.0.